The van der Waals surface area contributed by atoms with E-state index in [1.807, 2.05) is 42.5 Å². The highest BCUT2D eigenvalue weighted by Gasteiger charge is 2.24. The minimum Gasteiger partial charge on any atom is -0.486 e. The Kier molecular flexibility index (Phi) is 5.64. The third kappa shape index (κ3) is 4.50. The van der Waals surface area contributed by atoms with E-state index in [0.29, 0.717) is 37.9 Å². The second-order valence-corrected chi connectivity index (χ2v) is 7.48. The number of benzene rings is 2. The van der Waals surface area contributed by atoms with Gasteiger partial charge in [-0.1, -0.05) is 32.0 Å². The van der Waals surface area contributed by atoms with E-state index in [0.717, 1.165) is 17.1 Å². The van der Waals surface area contributed by atoms with Gasteiger partial charge in [0, 0.05) is 0 Å². The molecule has 0 saturated heterocycles. The summed E-state index contributed by atoms with van der Waals surface area (Å²) in [6.07, 6.45) is -0.234. The van der Waals surface area contributed by atoms with Crippen molar-refractivity contribution in [1.82, 2.24) is 10.6 Å². The van der Waals surface area contributed by atoms with Crippen molar-refractivity contribution in [3.8, 4) is 23.0 Å². The Labute approximate surface area is 170 Å². The highest BCUT2D eigenvalue weighted by atomic mass is 16.6. The first-order valence-corrected chi connectivity index (χ1v) is 9.92. The summed E-state index contributed by atoms with van der Waals surface area (Å²) in [5.41, 5.74) is 0.977. The van der Waals surface area contributed by atoms with E-state index in [4.69, 9.17) is 18.9 Å². The first kappa shape index (κ1) is 19.2. The Balaban J connectivity index is 1.35. The molecule has 154 valence electrons. The lowest BCUT2D eigenvalue weighted by Gasteiger charge is -2.28. The molecule has 0 spiro atoms. The van der Waals surface area contributed by atoms with Crippen molar-refractivity contribution in [3.63, 3.8) is 0 Å². The van der Waals surface area contributed by atoms with Crippen LogP contribution in [0.4, 0.5) is 4.79 Å². The zero-order chi connectivity index (χ0) is 20.2. The molecule has 2 unspecified atom stereocenters. The third-order valence-corrected chi connectivity index (χ3v) is 4.94. The van der Waals surface area contributed by atoms with E-state index in [9.17, 15) is 4.79 Å². The van der Waals surface area contributed by atoms with Crippen molar-refractivity contribution in [1.29, 1.82) is 0 Å². The van der Waals surface area contributed by atoms with Gasteiger partial charge in [0.1, 0.15) is 19.8 Å². The number of nitrogens with one attached hydrogen (secondary N) is 2. The number of ether oxygens (including phenoxy) is 4. The van der Waals surface area contributed by atoms with Crippen molar-refractivity contribution in [2.75, 3.05) is 26.4 Å². The van der Waals surface area contributed by atoms with Crippen LogP contribution in [0.3, 0.4) is 0 Å². The number of hydrogen-bond acceptors (Lipinski definition) is 5. The van der Waals surface area contributed by atoms with Crippen LogP contribution < -0.4 is 29.6 Å². The van der Waals surface area contributed by atoms with Crippen LogP contribution >= 0.6 is 0 Å². The fourth-order valence-electron chi connectivity index (χ4n) is 3.45. The Morgan fingerprint density at radius 1 is 1.00 bits per heavy atom. The largest absolute Gasteiger partial charge is 0.486 e. The molecular weight excluding hydrogens is 372 g/mol. The van der Waals surface area contributed by atoms with Crippen LogP contribution in [0.2, 0.25) is 0 Å². The number of carbonyl (C=O) groups excluding carboxylic acids is 1. The van der Waals surface area contributed by atoms with Gasteiger partial charge >= 0.3 is 6.03 Å². The van der Waals surface area contributed by atoms with E-state index >= 15 is 0 Å². The molecule has 2 atom stereocenters. The molecule has 7 nitrogen and oxygen atoms in total. The van der Waals surface area contributed by atoms with Crippen LogP contribution in [-0.4, -0.2) is 38.5 Å². The van der Waals surface area contributed by atoms with Gasteiger partial charge in [-0.2, -0.15) is 0 Å². The van der Waals surface area contributed by atoms with Gasteiger partial charge in [-0.15, -0.1) is 0 Å². The van der Waals surface area contributed by atoms with E-state index in [2.05, 4.69) is 24.5 Å². The fourth-order valence-corrected chi connectivity index (χ4v) is 3.45. The molecule has 2 aromatic carbocycles. The minimum atomic E-state index is -0.249. The zero-order valence-corrected chi connectivity index (χ0v) is 16.6. The third-order valence-electron chi connectivity index (χ3n) is 4.94. The lowest BCUT2D eigenvalue weighted by Crippen LogP contribution is -2.46. The van der Waals surface area contributed by atoms with Crippen LogP contribution in [0.25, 0.3) is 0 Å². The van der Waals surface area contributed by atoms with E-state index in [1.165, 1.54) is 0 Å². The second kappa shape index (κ2) is 8.51. The van der Waals surface area contributed by atoms with E-state index in [1.54, 1.807) is 0 Å². The Bertz CT molecular complexity index is 870. The molecule has 2 aliphatic heterocycles. The molecule has 0 radical (unpaired) electrons. The van der Waals surface area contributed by atoms with Gasteiger partial charge < -0.3 is 29.6 Å². The number of urea groups is 1. The van der Waals surface area contributed by atoms with Crippen molar-refractivity contribution in [2.45, 2.75) is 26.0 Å². The summed E-state index contributed by atoms with van der Waals surface area (Å²) >= 11 is 0. The number of rotatable bonds is 5. The average molecular weight is 398 g/mol. The Morgan fingerprint density at radius 2 is 1.72 bits per heavy atom. The quantitative estimate of drug-likeness (QED) is 0.808. The molecule has 2 amide bonds. The van der Waals surface area contributed by atoms with Gasteiger partial charge in [0.25, 0.3) is 0 Å². The summed E-state index contributed by atoms with van der Waals surface area (Å²) in [4.78, 5) is 12.5. The molecule has 2 aromatic rings. The van der Waals surface area contributed by atoms with Gasteiger partial charge in [-0.25, -0.2) is 4.79 Å². The summed E-state index contributed by atoms with van der Waals surface area (Å²) in [5.74, 6) is 3.08. The molecule has 2 N–H and O–H groups in total. The van der Waals surface area contributed by atoms with Crippen LogP contribution in [-0.2, 0) is 0 Å². The van der Waals surface area contributed by atoms with Crippen LogP contribution in [0.1, 0.15) is 25.5 Å². The number of fused-ring (bicyclic) bond motifs is 2. The Morgan fingerprint density at radius 3 is 2.52 bits per heavy atom. The molecule has 4 rings (SSSR count). The fraction of sp³-hybridized carbons (Fsp3) is 0.409. The smallest absolute Gasteiger partial charge is 0.315 e. The predicted octanol–water partition coefficient (Wildman–Crippen LogP) is 3.29. The zero-order valence-electron chi connectivity index (χ0n) is 16.6. The topological polar surface area (TPSA) is 78.1 Å². The lowest BCUT2D eigenvalue weighted by atomic mass is 9.95. The molecule has 0 aromatic heterocycles. The molecule has 0 aliphatic carbocycles. The lowest BCUT2D eigenvalue weighted by molar-refractivity contribution is 0.0916. The summed E-state index contributed by atoms with van der Waals surface area (Å²) < 4.78 is 22.8. The highest BCUT2D eigenvalue weighted by molar-refractivity contribution is 5.74. The molecular formula is C22H26N2O5. The van der Waals surface area contributed by atoms with Crippen LogP contribution in [0, 0.1) is 5.92 Å². The number of carbonyl (C=O) groups is 1. The summed E-state index contributed by atoms with van der Waals surface area (Å²) in [6.45, 7) is 5.97. The molecule has 0 saturated carbocycles. The van der Waals surface area contributed by atoms with Gasteiger partial charge in [-0.05, 0) is 35.7 Å². The number of amides is 2. The second-order valence-electron chi connectivity index (χ2n) is 7.48. The van der Waals surface area contributed by atoms with Crippen LogP contribution in [0.5, 0.6) is 23.0 Å². The van der Waals surface area contributed by atoms with Crippen molar-refractivity contribution in [2.24, 2.45) is 5.92 Å². The monoisotopic (exact) mass is 398 g/mol. The average Bonchev–Trinajstić information content (AvgIpc) is 2.75. The van der Waals surface area contributed by atoms with E-state index < -0.39 is 0 Å². The first-order valence-electron chi connectivity index (χ1n) is 9.92. The molecule has 0 fully saturated rings. The molecule has 29 heavy (non-hydrogen) atoms. The molecule has 2 aliphatic rings. The minimum absolute atomic E-state index is 0.157. The van der Waals surface area contributed by atoms with Gasteiger partial charge in [0.05, 0.1) is 12.6 Å². The van der Waals surface area contributed by atoms with Crippen LogP contribution in [0.15, 0.2) is 42.5 Å². The maximum absolute atomic E-state index is 12.5. The van der Waals surface area contributed by atoms with Crippen molar-refractivity contribution >= 4 is 6.03 Å². The maximum atomic E-state index is 12.5. The SMILES string of the molecule is CC(C)C(NC(=O)NCC1COc2ccccc2O1)c1ccc2c(c1)OCCO2. The Hall–Kier alpha value is -3.09. The van der Waals surface area contributed by atoms with Crippen molar-refractivity contribution < 1.29 is 23.7 Å². The maximum Gasteiger partial charge on any atom is 0.315 e. The summed E-state index contributed by atoms with van der Waals surface area (Å²) in [7, 11) is 0. The molecule has 2 heterocycles. The summed E-state index contributed by atoms with van der Waals surface area (Å²) in [6, 6.07) is 12.9. The summed E-state index contributed by atoms with van der Waals surface area (Å²) in [5, 5.41) is 5.95. The van der Waals surface area contributed by atoms with Crippen molar-refractivity contribution in [3.05, 3.63) is 48.0 Å². The number of hydrogen-bond donors (Lipinski definition) is 2. The molecule has 7 heteroatoms. The highest BCUT2D eigenvalue weighted by Crippen LogP contribution is 2.34. The first-order chi connectivity index (χ1) is 14.1. The van der Waals surface area contributed by atoms with Gasteiger partial charge in [0.2, 0.25) is 0 Å². The predicted molar refractivity (Wildman–Crippen MR) is 108 cm³/mol. The normalized spacial score (nSPS) is 18.1. The van der Waals surface area contributed by atoms with Gasteiger partial charge in [-0.3, -0.25) is 0 Å². The van der Waals surface area contributed by atoms with Gasteiger partial charge in [0.15, 0.2) is 29.1 Å². The number of para-hydroxylation sites is 2. The standard InChI is InChI=1S/C22H26N2O5/c1-14(2)21(15-7-8-18-20(11-15)27-10-9-26-18)24-22(25)23-12-16-13-28-17-5-3-4-6-19(17)29-16/h3-8,11,14,16,21H,9-10,12-13H2,1-2H3,(H2,23,24,25). The molecule has 0 bridgehead atoms. The van der Waals surface area contributed by atoms with E-state index in [-0.39, 0.29) is 24.1 Å².